The third-order valence-electron chi connectivity index (χ3n) is 7.92. The van der Waals surface area contributed by atoms with Crippen molar-refractivity contribution in [2.75, 3.05) is 20.2 Å². The van der Waals surface area contributed by atoms with Gasteiger partial charge >= 0.3 is 0 Å². The fourth-order valence-corrected chi connectivity index (χ4v) is 5.95. The Kier molecular flexibility index (Phi) is 7.76. The van der Waals surface area contributed by atoms with Crippen LogP contribution >= 0.6 is 0 Å². The number of methoxy groups -OCH3 is 1. The molecule has 0 spiro atoms. The van der Waals surface area contributed by atoms with E-state index in [0.29, 0.717) is 19.5 Å². The topological polar surface area (TPSA) is 63.4 Å². The van der Waals surface area contributed by atoms with Crippen LogP contribution in [0, 0.1) is 0 Å². The predicted octanol–water partition coefficient (Wildman–Crippen LogP) is 5.78. The molecule has 5 aromatic rings. The summed E-state index contributed by atoms with van der Waals surface area (Å²) in [7, 11) is 1.66. The first-order valence-electron chi connectivity index (χ1n) is 14.0. The van der Waals surface area contributed by atoms with Crippen molar-refractivity contribution in [3.8, 4) is 5.75 Å². The molecule has 1 atom stereocenters. The van der Waals surface area contributed by atoms with Gasteiger partial charge in [-0.15, -0.1) is 5.10 Å². The van der Waals surface area contributed by atoms with Crippen LogP contribution in [0.15, 0.2) is 127 Å². The van der Waals surface area contributed by atoms with Crippen molar-refractivity contribution in [3.05, 3.63) is 155 Å². The minimum Gasteiger partial charge on any atom is -0.497 e. The number of likely N-dealkylation sites (tertiary alicyclic amines) is 1. The third-order valence-corrected chi connectivity index (χ3v) is 7.92. The summed E-state index contributed by atoms with van der Waals surface area (Å²) in [5, 5.41) is 19.9. The number of benzene rings is 4. The molecule has 0 amide bonds. The summed E-state index contributed by atoms with van der Waals surface area (Å²) >= 11 is 0. The number of aliphatic hydroxyl groups excluding tert-OH is 1. The van der Waals surface area contributed by atoms with Crippen LogP contribution < -0.4 is 4.74 Å². The van der Waals surface area contributed by atoms with Crippen LogP contribution in [0.5, 0.6) is 5.75 Å². The van der Waals surface area contributed by atoms with Gasteiger partial charge in [-0.2, -0.15) is 0 Å². The molecule has 1 unspecified atom stereocenters. The number of aromatic nitrogens is 3. The molecular formula is C35H34N4O2. The van der Waals surface area contributed by atoms with Crippen molar-refractivity contribution in [2.24, 2.45) is 0 Å². The maximum atomic E-state index is 11.2. The van der Waals surface area contributed by atoms with Gasteiger partial charge in [0.2, 0.25) is 0 Å². The van der Waals surface area contributed by atoms with E-state index in [1.54, 1.807) is 7.11 Å². The molecule has 1 aliphatic rings. The average Bonchev–Trinajstić information content (AvgIpc) is 3.47. The van der Waals surface area contributed by atoms with Gasteiger partial charge in [0.05, 0.1) is 31.5 Å². The van der Waals surface area contributed by atoms with Gasteiger partial charge in [0.15, 0.2) is 0 Å². The second-order valence-electron chi connectivity index (χ2n) is 10.4. The minimum atomic E-state index is -0.544. The van der Waals surface area contributed by atoms with E-state index in [1.807, 2.05) is 41.2 Å². The molecule has 206 valence electrons. The molecule has 0 bridgehead atoms. The summed E-state index contributed by atoms with van der Waals surface area (Å²) < 4.78 is 7.09. The summed E-state index contributed by atoms with van der Waals surface area (Å²) in [5.74, 6) is 0.825. The Morgan fingerprint density at radius 1 is 0.829 bits per heavy atom. The summed E-state index contributed by atoms with van der Waals surface area (Å²) in [4.78, 5) is 2.49. The van der Waals surface area contributed by atoms with Crippen LogP contribution in [0.3, 0.4) is 0 Å². The maximum absolute atomic E-state index is 11.2. The van der Waals surface area contributed by atoms with E-state index < -0.39 is 11.6 Å². The highest BCUT2D eigenvalue weighted by Crippen LogP contribution is 2.44. The molecule has 6 heteroatoms. The van der Waals surface area contributed by atoms with Crippen molar-refractivity contribution < 1.29 is 9.84 Å². The molecule has 1 N–H and O–H groups in total. The van der Waals surface area contributed by atoms with E-state index in [-0.39, 0.29) is 0 Å². The molecular weight excluding hydrogens is 508 g/mol. The molecule has 6 rings (SSSR count). The van der Waals surface area contributed by atoms with Gasteiger partial charge < -0.3 is 9.84 Å². The smallest absolute Gasteiger partial charge is 0.118 e. The van der Waals surface area contributed by atoms with Gasteiger partial charge in [0.25, 0.3) is 0 Å². The van der Waals surface area contributed by atoms with E-state index in [0.717, 1.165) is 29.1 Å². The second-order valence-corrected chi connectivity index (χ2v) is 10.4. The number of nitrogens with zero attached hydrogens (tertiary/aromatic N) is 4. The van der Waals surface area contributed by atoms with Crippen molar-refractivity contribution in [2.45, 2.75) is 24.6 Å². The van der Waals surface area contributed by atoms with E-state index in [9.17, 15) is 5.11 Å². The largest absolute Gasteiger partial charge is 0.497 e. The predicted molar refractivity (Wildman–Crippen MR) is 161 cm³/mol. The SMILES string of the molecule is COc1ccc(Cn2cc(/C=C3/CN(C(c4ccccc4)(c4ccccc4)c4ccccc4)CCC3O)nn2)cc1. The number of hydrogen-bond donors (Lipinski definition) is 1. The highest BCUT2D eigenvalue weighted by molar-refractivity contribution is 5.53. The van der Waals surface area contributed by atoms with Gasteiger partial charge in [-0.3, -0.25) is 4.90 Å². The lowest BCUT2D eigenvalue weighted by atomic mass is 9.74. The Morgan fingerprint density at radius 3 is 1.93 bits per heavy atom. The number of hydrogen-bond acceptors (Lipinski definition) is 5. The minimum absolute atomic E-state index is 0.533. The zero-order chi connectivity index (χ0) is 28.1. The van der Waals surface area contributed by atoms with Crippen LogP contribution in [0.4, 0.5) is 0 Å². The van der Waals surface area contributed by atoms with Gasteiger partial charge in [0.1, 0.15) is 11.4 Å². The fraction of sp³-hybridized carbons (Fsp3) is 0.200. The monoisotopic (exact) mass is 542 g/mol. The molecule has 6 nitrogen and oxygen atoms in total. The van der Waals surface area contributed by atoms with Crippen LogP contribution in [0.25, 0.3) is 6.08 Å². The first-order valence-corrected chi connectivity index (χ1v) is 14.0. The Balaban J connectivity index is 1.36. The molecule has 0 saturated carbocycles. The molecule has 1 aliphatic heterocycles. The van der Waals surface area contributed by atoms with E-state index in [2.05, 4.69) is 106 Å². The van der Waals surface area contributed by atoms with Gasteiger partial charge in [-0.05, 0) is 52.5 Å². The zero-order valence-electron chi connectivity index (χ0n) is 23.2. The quantitative estimate of drug-likeness (QED) is 0.252. The van der Waals surface area contributed by atoms with Gasteiger partial charge in [-0.25, -0.2) is 4.68 Å². The van der Waals surface area contributed by atoms with Crippen LogP contribution in [0.2, 0.25) is 0 Å². The zero-order valence-corrected chi connectivity index (χ0v) is 23.2. The Labute approximate surface area is 241 Å². The Morgan fingerprint density at radius 2 is 1.39 bits per heavy atom. The normalized spacial score (nSPS) is 17.0. The standard InChI is InChI=1S/C35H34N4O2/c1-41-33-19-17-27(18-20-33)24-39-26-32(36-37-39)23-28-25-38(22-21-34(28)40)35(29-11-5-2-6-12-29,30-13-7-3-8-14-30)31-15-9-4-10-16-31/h2-20,23,26,34,40H,21-22,24-25H2,1H3/b28-23-. The number of piperidine rings is 1. The van der Waals surface area contributed by atoms with Gasteiger partial charge in [-0.1, -0.05) is 108 Å². The molecule has 41 heavy (non-hydrogen) atoms. The number of ether oxygens (including phenoxy) is 1. The highest BCUT2D eigenvalue weighted by atomic mass is 16.5. The lowest BCUT2D eigenvalue weighted by Gasteiger charge is -2.48. The summed E-state index contributed by atoms with van der Waals surface area (Å²) in [6.45, 7) is 1.93. The molecule has 2 heterocycles. The van der Waals surface area contributed by atoms with E-state index >= 15 is 0 Å². The molecule has 4 aromatic carbocycles. The van der Waals surface area contributed by atoms with Crippen molar-refractivity contribution >= 4 is 6.08 Å². The summed E-state index contributed by atoms with van der Waals surface area (Å²) in [6, 6.07) is 40.0. The van der Waals surface area contributed by atoms with E-state index in [4.69, 9.17) is 4.74 Å². The molecule has 1 fully saturated rings. The van der Waals surface area contributed by atoms with E-state index in [1.165, 1.54) is 16.7 Å². The first-order chi connectivity index (χ1) is 20.2. The average molecular weight is 543 g/mol. The van der Waals surface area contributed by atoms with Crippen molar-refractivity contribution in [3.63, 3.8) is 0 Å². The molecule has 1 saturated heterocycles. The number of aliphatic hydroxyl groups is 1. The lowest BCUT2D eigenvalue weighted by molar-refractivity contribution is 0.0872. The maximum Gasteiger partial charge on any atom is 0.118 e. The Hall–Kier alpha value is -4.52. The van der Waals surface area contributed by atoms with Crippen LogP contribution in [-0.4, -0.2) is 51.3 Å². The van der Waals surface area contributed by atoms with Crippen molar-refractivity contribution in [1.82, 2.24) is 19.9 Å². The Bertz CT molecular complexity index is 1490. The first kappa shape index (κ1) is 26.7. The van der Waals surface area contributed by atoms with Crippen LogP contribution in [-0.2, 0) is 12.1 Å². The second kappa shape index (κ2) is 11.9. The lowest BCUT2D eigenvalue weighted by Crippen LogP contribution is -2.52. The van der Waals surface area contributed by atoms with Crippen molar-refractivity contribution in [1.29, 1.82) is 0 Å². The fourth-order valence-electron chi connectivity index (χ4n) is 5.95. The molecule has 0 aliphatic carbocycles. The highest BCUT2D eigenvalue weighted by Gasteiger charge is 2.44. The van der Waals surface area contributed by atoms with Crippen LogP contribution in [0.1, 0.15) is 34.4 Å². The summed E-state index contributed by atoms with van der Waals surface area (Å²) in [6.07, 6.45) is 4.01. The molecule has 0 radical (unpaired) electrons. The molecule has 1 aromatic heterocycles. The summed E-state index contributed by atoms with van der Waals surface area (Å²) in [5.41, 5.74) is 5.82. The number of rotatable bonds is 8. The van der Waals surface area contributed by atoms with Gasteiger partial charge in [0, 0.05) is 13.1 Å². The third kappa shape index (κ3) is 5.44.